The molecule has 116 valence electrons. The summed E-state index contributed by atoms with van der Waals surface area (Å²) in [6.07, 6.45) is 7.73. The van der Waals surface area contributed by atoms with E-state index in [0.717, 1.165) is 23.7 Å². The van der Waals surface area contributed by atoms with Crippen molar-refractivity contribution in [2.75, 3.05) is 19.4 Å². The number of hydrogen-bond acceptors (Lipinski definition) is 4. The molecule has 0 radical (unpaired) electrons. The molecule has 0 saturated heterocycles. The highest BCUT2D eigenvalue weighted by Gasteiger charge is 2.32. The molecule has 3 rings (SSSR count). The molecule has 0 bridgehead atoms. The molecule has 1 aromatic carbocycles. The van der Waals surface area contributed by atoms with Gasteiger partial charge in [-0.1, -0.05) is 11.8 Å². The normalized spacial score (nSPS) is 14.1. The van der Waals surface area contributed by atoms with Crippen LogP contribution in [0.25, 0.3) is 5.69 Å². The summed E-state index contributed by atoms with van der Waals surface area (Å²) in [5, 5.41) is 10.0. The lowest BCUT2D eigenvalue weighted by Gasteiger charge is -2.21. The lowest BCUT2D eigenvalue weighted by Crippen LogP contribution is -2.35. The zero-order chi connectivity index (χ0) is 15.5. The van der Waals surface area contributed by atoms with E-state index in [2.05, 4.69) is 4.98 Å². The van der Waals surface area contributed by atoms with E-state index >= 15 is 0 Å². The Morgan fingerprint density at radius 1 is 1.41 bits per heavy atom. The second kappa shape index (κ2) is 6.54. The van der Waals surface area contributed by atoms with Gasteiger partial charge in [-0.2, -0.15) is 0 Å². The van der Waals surface area contributed by atoms with E-state index in [9.17, 15) is 4.79 Å². The highest BCUT2D eigenvalue weighted by atomic mass is 32.2. The van der Waals surface area contributed by atoms with E-state index in [1.165, 1.54) is 0 Å². The van der Waals surface area contributed by atoms with Crippen molar-refractivity contribution in [2.24, 2.45) is 0 Å². The van der Waals surface area contributed by atoms with Crippen molar-refractivity contribution >= 4 is 17.7 Å². The van der Waals surface area contributed by atoms with Crippen molar-refractivity contribution in [2.45, 2.75) is 24.0 Å². The van der Waals surface area contributed by atoms with Gasteiger partial charge in [-0.25, -0.2) is 4.98 Å². The van der Waals surface area contributed by atoms with Crippen LogP contribution in [0.1, 0.15) is 23.2 Å². The molecule has 0 spiro atoms. The molecule has 0 unspecified atom stereocenters. The summed E-state index contributed by atoms with van der Waals surface area (Å²) < 4.78 is 1.99. The minimum absolute atomic E-state index is 0.00109. The van der Waals surface area contributed by atoms with Crippen molar-refractivity contribution in [1.29, 1.82) is 0 Å². The van der Waals surface area contributed by atoms with Gasteiger partial charge in [-0.05, 0) is 43.4 Å². The van der Waals surface area contributed by atoms with E-state index in [1.54, 1.807) is 22.9 Å². The number of benzene rings is 1. The summed E-state index contributed by atoms with van der Waals surface area (Å²) in [5.74, 6) is -0.00109. The summed E-state index contributed by atoms with van der Waals surface area (Å²) in [5.41, 5.74) is 1.65. The highest BCUT2D eigenvalue weighted by molar-refractivity contribution is 7.98. The number of amides is 1. The minimum atomic E-state index is -0.00109. The average Bonchev–Trinajstić information content (AvgIpc) is 3.28. The number of carbonyl (C=O) groups excluding carboxylic acids is 1. The van der Waals surface area contributed by atoms with E-state index in [4.69, 9.17) is 5.11 Å². The predicted molar refractivity (Wildman–Crippen MR) is 86.5 cm³/mol. The Hall–Kier alpha value is -1.79. The van der Waals surface area contributed by atoms with Crippen molar-refractivity contribution in [3.63, 3.8) is 0 Å². The fourth-order valence-electron chi connectivity index (χ4n) is 2.51. The number of nitrogens with zero attached hydrogens (tertiary/aromatic N) is 3. The smallest absolute Gasteiger partial charge is 0.254 e. The monoisotopic (exact) mass is 317 g/mol. The zero-order valence-corrected chi connectivity index (χ0v) is 13.3. The molecule has 1 aliphatic rings. The summed E-state index contributed by atoms with van der Waals surface area (Å²) in [6, 6.07) is 7.84. The number of hydrogen-bond donors (Lipinski definition) is 1. The van der Waals surface area contributed by atoms with Crippen LogP contribution in [0, 0.1) is 0 Å². The summed E-state index contributed by atoms with van der Waals surface area (Å²) in [7, 11) is 0. The predicted octanol–water partition coefficient (Wildman–Crippen LogP) is 2.19. The average molecular weight is 317 g/mol. The number of thioether (sulfide) groups is 1. The molecule has 6 heteroatoms. The van der Waals surface area contributed by atoms with Crippen LogP contribution in [-0.2, 0) is 0 Å². The van der Waals surface area contributed by atoms with Crippen LogP contribution in [0.2, 0.25) is 0 Å². The molecule has 1 aliphatic carbocycles. The minimum Gasteiger partial charge on any atom is -0.395 e. The Morgan fingerprint density at radius 3 is 2.73 bits per heavy atom. The molecule has 1 saturated carbocycles. The Labute approximate surface area is 134 Å². The Balaban J connectivity index is 1.80. The molecule has 1 N–H and O–H groups in total. The molecular weight excluding hydrogens is 298 g/mol. The van der Waals surface area contributed by atoms with Crippen LogP contribution >= 0.6 is 11.8 Å². The van der Waals surface area contributed by atoms with Gasteiger partial charge in [-0.15, -0.1) is 0 Å². The van der Waals surface area contributed by atoms with Crippen LogP contribution in [-0.4, -0.2) is 50.9 Å². The quantitative estimate of drug-likeness (QED) is 0.830. The fourth-order valence-corrected chi connectivity index (χ4v) is 3.04. The first-order chi connectivity index (χ1) is 10.7. The first-order valence-corrected chi connectivity index (χ1v) is 8.56. The van der Waals surface area contributed by atoms with Crippen molar-refractivity contribution < 1.29 is 9.90 Å². The topological polar surface area (TPSA) is 58.4 Å². The summed E-state index contributed by atoms with van der Waals surface area (Å²) in [4.78, 5) is 18.6. The molecule has 1 heterocycles. The van der Waals surface area contributed by atoms with Gasteiger partial charge in [-0.3, -0.25) is 9.36 Å². The van der Waals surface area contributed by atoms with Gasteiger partial charge >= 0.3 is 0 Å². The molecule has 1 aromatic heterocycles. The van der Waals surface area contributed by atoms with Gasteiger partial charge in [0, 0.05) is 36.2 Å². The second-order valence-corrected chi connectivity index (χ2v) is 6.06. The molecule has 5 nitrogen and oxygen atoms in total. The van der Waals surface area contributed by atoms with Crippen LogP contribution in [0.3, 0.4) is 0 Å². The molecular formula is C16H19N3O2S. The van der Waals surface area contributed by atoms with Gasteiger partial charge in [0.2, 0.25) is 0 Å². The van der Waals surface area contributed by atoms with Crippen molar-refractivity contribution in [3.05, 3.63) is 42.2 Å². The third-order valence-corrected chi connectivity index (χ3v) is 4.44. The number of imidazole rings is 1. The molecule has 22 heavy (non-hydrogen) atoms. The fraction of sp³-hybridized carbons (Fsp3) is 0.375. The first-order valence-electron chi connectivity index (χ1n) is 7.34. The van der Waals surface area contributed by atoms with Crippen LogP contribution in [0.15, 0.2) is 41.8 Å². The maximum atomic E-state index is 12.5. The zero-order valence-electron chi connectivity index (χ0n) is 12.5. The SMILES string of the molecule is CSc1nccn1-c1ccc(C(=O)N(CCO)C2CC2)cc1. The van der Waals surface area contributed by atoms with E-state index in [0.29, 0.717) is 18.2 Å². The first kappa shape index (κ1) is 15.1. The van der Waals surface area contributed by atoms with Crippen molar-refractivity contribution in [1.82, 2.24) is 14.5 Å². The Kier molecular flexibility index (Phi) is 4.49. The van der Waals surface area contributed by atoms with Gasteiger partial charge in [0.1, 0.15) is 0 Å². The molecule has 1 amide bonds. The van der Waals surface area contributed by atoms with Crippen LogP contribution < -0.4 is 0 Å². The molecule has 0 atom stereocenters. The maximum absolute atomic E-state index is 12.5. The molecule has 1 fully saturated rings. The van der Waals surface area contributed by atoms with Gasteiger partial charge in [0.05, 0.1) is 6.61 Å². The number of aliphatic hydroxyl groups excluding tert-OH is 1. The standard InChI is InChI=1S/C16H19N3O2S/c1-22-16-17-8-9-19(16)14-4-2-12(3-5-14)15(21)18(10-11-20)13-6-7-13/h2-5,8-9,13,20H,6-7,10-11H2,1H3. The van der Waals surface area contributed by atoms with Crippen LogP contribution in [0.4, 0.5) is 0 Å². The van der Waals surface area contributed by atoms with Gasteiger partial charge in [0.25, 0.3) is 5.91 Å². The number of aromatic nitrogens is 2. The van der Waals surface area contributed by atoms with Gasteiger partial charge < -0.3 is 10.0 Å². The van der Waals surface area contributed by atoms with E-state index in [-0.39, 0.29) is 12.5 Å². The third kappa shape index (κ3) is 3.03. The van der Waals surface area contributed by atoms with E-state index < -0.39 is 0 Å². The third-order valence-electron chi connectivity index (χ3n) is 3.77. The van der Waals surface area contributed by atoms with Crippen molar-refractivity contribution in [3.8, 4) is 5.69 Å². The molecule has 0 aliphatic heterocycles. The number of aliphatic hydroxyl groups is 1. The summed E-state index contributed by atoms with van der Waals surface area (Å²) in [6.45, 7) is 0.413. The van der Waals surface area contributed by atoms with Gasteiger partial charge in [0.15, 0.2) is 5.16 Å². The summed E-state index contributed by atoms with van der Waals surface area (Å²) >= 11 is 1.58. The van der Waals surface area contributed by atoms with E-state index in [1.807, 2.05) is 41.3 Å². The molecule has 2 aromatic rings. The second-order valence-electron chi connectivity index (χ2n) is 5.28. The van der Waals surface area contributed by atoms with Crippen LogP contribution in [0.5, 0.6) is 0 Å². The maximum Gasteiger partial charge on any atom is 0.254 e. The number of carbonyl (C=O) groups is 1. The largest absolute Gasteiger partial charge is 0.395 e. The number of rotatable bonds is 6. The highest BCUT2D eigenvalue weighted by Crippen LogP contribution is 2.28. The lowest BCUT2D eigenvalue weighted by molar-refractivity contribution is 0.0707. The Morgan fingerprint density at radius 2 is 2.14 bits per heavy atom. The Bertz CT molecular complexity index is 650. The lowest BCUT2D eigenvalue weighted by atomic mass is 10.1.